The summed E-state index contributed by atoms with van der Waals surface area (Å²) in [5.41, 5.74) is 6.92. The number of aromatic nitrogens is 3. The molecule has 3 aromatic rings. The number of nitrogen functional groups attached to an aromatic ring is 1. The summed E-state index contributed by atoms with van der Waals surface area (Å²) in [6, 6.07) is 10.9. The Kier molecular flexibility index (Phi) is 8.36. The van der Waals surface area contributed by atoms with Gasteiger partial charge in [-0.2, -0.15) is 0 Å². The first-order valence-electron chi connectivity index (χ1n) is 8.08. The van der Waals surface area contributed by atoms with E-state index in [1.165, 1.54) is 31.3 Å². The Morgan fingerprint density at radius 3 is 2.50 bits per heavy atom. The molecule has 1 atom stereocenters. The van der Waals surface area contributed by atoms with E-state index < -0.39 is 14.2 Å². The molecule has 0 radical (unpaired) electrons. The van der Waals surface area contributed by atoms with Crippen molar-refractivity contribution in [2.45, 2.75) is 6.92 Å². The number of carbonyl (C=O) groups is 1. The molecule has 0 bridgehead atoms. The van der Waals surface area contributed by atoms with E-state index in [9.17, 15) is 12.6 Å². The molecule has 13 heteroatoms. The number of halogens is 2. The molecule has 0 saturated carbocycles. The van der Waals surface area contributed by atoms with E-state index in [0.717, 1.165) is 0 Å². The number of amides is 1. The molecule has 0 saturated heterocycles. The summed E-state index contributed by atoms with van der Waals surface area (Å²) in [5, 5.41) is 19.1. The first kappa shape index (κ1) is 23.8. The minimum atomic E-state index is -4.83. The minimum Gasteiger partial charge on any atom is -0.366 e. The Morgan fingerprint density at radius 1 is 1.20 bits per heavy atom. The summed E-state index contributed by atoms with van der Waals surface area (Å²) in [7, 11) is 0. The van der Waals surface area contributed by atoms with Crippen LogP contribution >= 0.6 is 23.2 Å². The fraction of sp³-hybridized carbons (Fsp3) is 0.0588. The average Bonchev–Trinajstić information content (AvgIpc) is 2.71. The Bertz CT molecular complexity index is 1080. The summed E-state index contributed by atoms with van der Waals surface area (Å²) in [6.45, 7) is 1.32. The molecule has 1 unspecified atom stereocenters. The standard InChI is InChI=1S/C9H6Cl2N4.C8H10AsNO5/c10-6-3-1-2-5(8(6)11)7-4-13-9(12)15-14-7;1-6(11)10-8-4-2-3-7(5-8)9(12,13)15-14/h1-4H,(H2,12,13,15);2-5,14H,1H3,(H,10,11)(H,12,13). The molecule has 2 aromatic carbocycles. The van der Waals surface area contributed by atoms with Crippen LogP contribution in [0.2, 0.25) is 10.0 Å². The number of hydrogen-bond acceptors (Lipinski definition) is 8. The first-order valence-corrected chi connectivity index (χ1v) is 12.1. The van der Waals surface area contributed by atoms with Gasteiger partial charge in [-0.3, -0.25) is 0 Å². The van der Waals surface area contributed by atoms with Gasteiger partial charge in [-0.05, 0) is 6.07 Å². The quantitative estimate of drug-likeness (QED) is 0.231. The summed E-state index contributed by atoms with van der Waals surface area (Å²) >= 11 is 7.05. The largest absolute Gasteiger partial charge is 0.366 e. The molecular weight excluding hydrogens is 500 g/mol. The second kappa shape index (κ2) is 10.5. The van der Waals surface area contributed by atoms with Crippen molar-refractivity contribution in [1.82, 2.24) is 15.2 Å². The van der Waals surface area contributed by atoms with Crippen LogP contribution in [0.25, 0.3) is 11.3 Å². The molecule has 1 amide bonds. The topological polar surface area (TPSA) is 161 Å². The summed E-state index contributed by atoms with van der Waals surface area (Å²) < 4.78 is 23.9. The molecule has 0 fully saturated rings. The molecule has 0 aliphatic carbocycles. The molecule has 0 aliphatic heterocycles. The molecule has 30 heavy (non-hydrogen) atoms. The van der Waals surface area contributed by atoms with Gasteiger partial charge in [0.05, 0.1) is 16.2 Å². The predicted octanol–water partition coefficient (Wildman–Crippen LogP) is 2.13. The minimum absolute atomic E-state index is 0.0399. The fourth-order valence-electron chi connectivity index (χ4n) is 2.12. The zero-order valence-corrected chi connectivity index (χ0v) is 18.7. The molecule has 1 heterocycles. The van der Waals surface area contributed by atoms with Gasteiger partial charge in [-0.1, -0.05) is 35.3 Å². The van der Waals surface area contributed by atoms with Crippen molar-refractivity contribution in [2.24, 2.45) is 0 Å². The zero-order chi connectivity index (χ0) is 22.3. The van der Waals surface area contributed by atoms with Crippen molar-refractivity contribution in [3.63, 3.8) is 0 Å². The monoisotopic (exact) mass is 515 g/mol. The van der Waals surface area contributed by atoms with Crippen molar-refractivity contribution in [3.05, 3.63) is 58.7 Å². The van der Waals surface area contributed by atoms with Crippen LogP contribution in [-0.4, -0.2) is 44.6 Å². The van der Waals surface area contributed by atoms with Crippen LogP contribution in [-0.2, 0) is 12.4 Å². The van der Waals surface area contributed by atoms with Crippen molar-refractivity contribution in [3.8, 4) is 11.3 Å². The maximum Gasteiger partial charge on any atom is 0.240 e. The van der Waals surface area contributed by atoms with Crippen LogP contribution in [0.15, 0.2) is 48.7 Å². The average molecular weight is 516 g/mol. The van der Waals surface area contributed by atoms with Crippen molar-refractivity contribution < 1.29 is 21.8 Å². The Morgan fingerprint density at radius 2 is 1.90 bits per heavy atom. The zero-order valence-electron chi connectivity index (χ0n) is 15.4. The molecule has 0 aliphatic rings. The van der Waals surface area contributed by atoms with Gasteiger partial charge in [0.15, 0.2) is 0 Å². The van der Waals surface area contributed by atoms with Gasteiger partial charge in [-0.25, -0.2) is 4.98 Å². The SMILES string of the molecule is CC(=O)Nc1cccc([As](=O)(O)OO)c1.Nc1ncc(-c2cccc(Cl)c2Cl)nn1. The van der Waals surface area contributed by atoms with Crippen molar-refractivity contribution in [2.75, 3.05) is 11.1 Å². The van der Waals surface area contributed by atoms with Gasteiger partial charge < -0.3 is 5.73 Å². The van der Waals surface area contributed by atoms with Gasteiger partial charge in [0.1, 0.15) is 5.69 Å². The van der Waals surface area contributed by atoms with E-state index in [0.29, 0.717) is 27.0 Å². The maximum absolute atomic E-state index is 11.3. The normalized spacial score (nSPS) is 12.3. The second-order valence-corrected chi connectivity index (χ2v) is 10.0. The van der Waals surface area contributed by atoms with Crippen molar-refractivity contribution >= 4 is 59.3 Å². The van der Waals surface area contributed by atoms with Crippen LogP contribution in [0.1, 0.15) is 6.92 Å². The molecular formula is C17H16AsCl2N5O5. The fourth-order valence-corrected chi connectivity index (χ4v) is 3.92. The Labute approximate surface area is 183 Å². The number of rotatable bonds is 4. The van der Waals surface area contributed by atoms with E-state index in [1.807, 2.05) is 0 Å². The molecule has 1 aromatic heterocycles. The van der Waals surface area contributed by atoms with Crippen molar-refractivity contribution in [1.29, 1.82) is 0 Å². The predicted molar refractivity (Wildman–Crippen MR) is 112 cm³/mol. The first-order chi connectivity index (χ1) is 14.1. The molecule has 158 valence electrons. The van der Waals surface area contributed by atoms with Gasteiger partial charge in [-0.15, -0.1) is 10.2 Å². The van der Waals surface area contributed by atoms with Gasteiger partial charge >= 0.3 is 88.4 Å². The van der Waals surface area contributed by atoms with E-state index in [2.05, 4.69) is 24.4 Å². The third kappa shape index (κ3) is 6.53. The summed E-state index contributed by atoms with van der Waals surface area (Å²) in [5.74, 6) is -0.172. The van der Waals surface area contributed by atoms with Crippen LogP contribution in [0.4, 0.5) is 11.6 Å². The number of hydrogen-bond donors (Lipinski definition) is 4. The molecule has 0 spiro atoms. The van der Waals surface area contributed by atoms with E-state index in [4.69, 9.17) is 34.2 Å². The molecule has 3 rings (SSSR count). The van der Waals surface area contributed by atoms with Crippen LogP contribution < -0.4 is 15.4 Å². The number of carbonyl (C=O) groups excluding carboxylic acids is 1. The van der Waals surface area contributed by atoms with E-state index in [1.54, 1.807) is 24.3 Å². The van der Waals surface area contributed by atoms with Gasteiger partial charge in [0.2, 0.25) is 5.95 Å². The summed E-state index contributed by atoms with van der Waals surface area (Å²) in [6.07, 6.45) is 1.50. The van der Waals surface area contributed by atoms with Crippen LogP contribution in [0.3, 0.4) is 0 Å². The van der Waals surface area contributed by atoms with E-state index >= 15 is 0 Å². The third-order valence-electron chi connectivity index (χ3n) is 3.41. The number of nitrogens with one attached hydrogen (secondary N) is 1. The molecule has 5 N–H and O–H groups in total. The number of nitrogens with two attached hydrogens (primary N) is 1. The number of benzene rings is 2. The smallest absolute Gasteiger partial charge is 0.240 e. The van der Waals surface area contributed by atoms with Gasteiger partial charge in [0.25, 0.3) is 0 Å². The van der Waals surface area contributed by atoms with E-state index in [-0.39, 0.29) is 16.2 Å². The Balaban J connectivity index is 0.000000214. The molecule has 10 nitrogen and oxygen atoms in total. The van der Waals surface area contributed by atoms with Crippen LogP contribution in [0, 0.1) is 0 Å². The Hall–Kier alpha value is -2.46. The van der Waals surface area contributed by atoms with Crippen LogP contribution in [0.5, 0.6) is 0 Å². The number of anilines is 2. The van der Waals surface area contributed by atoms with Gasteiger partial charge in [0, 0.05) is 5.56 Å². The number of nitrogens with zero attached hydrogens (tertiary/aromatic N) is 3. The third-order valence-corrected chi connectivity index (χ3v) is 6.65. The maximum atomic E-state index is 11.3. The summed E-state index contributed by atoms with van der Waals surface area (Å²) in [4.78, 5) is 14.6. The second-order valence-electron chi connectivity index (χ2n) is 5.64.